The summed E-state index contributed by atoms with van der Waals surface area (Å²) in [5, 5.41) is 0. The molecule has 3 aromatic carbocycles. The highest BCUT2D eigenvalue weighted by Crippen LogP contribution is 2.38. The Kier molecular flexibility index (Phi) is 5.61. The van der Waals surface area contributed by atoms with Gasteiger partial charge in [0, 0.05) is 17.5 Å². The van der Waals surface area contributed by atoms with Crippen LogP contribution in [0.2, 0.25) is 0 Å². The molecule has 33 heavy (non-hydrogen) atoms. The number of ether oxygens (including phenoxy) is 2. The molecule has 5 heteroatoms. The normalized spacial score (nSPS) is 16.1. The van der Waals surface area contributed by atoms with E-state index in [0.29, 0.717) is 40.6 Å². The number of cyclic esters (lactones) is 1. The van der Waals surface area contributed by atoms with Gasteiger partial charge >= 0.3 is 5.97 Å². The first-order chi connectivity index (χ1) is 16.1. The molecule has 0 saturated carbocycles. The first kappa shape index (κ1) is 20.9. The summed E-state index contributed by atoms with van der Waals surface area (Å²) >= 11 is 0. The fourth-order valence-corrected chi connectivity index (χ4v) is 3.94. The molecule has 0 saturated heterocycles. The molecule has 0 fully saturated rings. The van der Waals surface area contributed by atoms with Crippen LogP contribution in [0.1, 0.15) is 31.5 Å². The number of hydrogen-bond donors (Lipinski definition) is 0. The van der Waals surface area contributed by atoms with Crippen LogP contribution in [0, 0.1) is 5.92 Å². The van der Waals surface area contributed by atoms with Crippen LogP contribution < -0.4 is 0 Å². The van der Waals surface area contributed by atoms with Crippen molar-refractivity contribution < 1.29 is 14.3 Å². The number of aromatic nitrogens is 2. The Morgan fingerprint density at radius 3 is 1.88 bits per heavy atom. The molecular formula is C28H24N2O3. The van der Waals surface area contributed by atoms with Gasteiger partial charge in [-0.3, -0.25) is 0 Å². The lowest BCUT2D eigenvalue weighted by atomic mass is 9.99. The van der Waals surface area contributed by atoms with Crippen LogP contribution in [0.25, 0.3) is 33.6 Å². The number of esters is 1. The van der Waals surface area contributed by atoms with Gasteiger partial charge in [-0.2, -0.15) is 0 Å². The number of rotatable bonds is 5. The fraction of sp³-hybridized carbons (Fsp3) is 0.179. The highest BCUT2D eigenvalue weighted by Gasteiger charge is 2.35. The second-order valence-corrected chi connectivity index (χ2v) is 8.43. The Labute approximate surface area is 192 Å². The highest BCUT2D eigenvalue weighted by atomic mass is 16.7. The minimum atomic E-state index is -0.648. The van der Waals surface area contributed by atoms with Crippen molar-refractivity contribution in [2.75, 3.05) is 0 Å². The number of para-hydroxylation sites is 2. The molecule has 1 atom stereocenters. The second-order valence-electron chi connectivity index (χ2n) is 8.43. The van der Waals surface area contributed by atoms with Gasteiger partial charge in [0.1, 0.15) is 17.0 Å². The van der Waals surface area contributed by atoms with Crippen LogP contribution in [0.4, 0.5) is 0 Å². The monoisotopic (exact) mass is 436 g/mol. The van der Waals surface area contributed by atoms with Crippen LogP contribution in [0.15, 0.2) is 84.9 Å². The van der Waals surface area contributed by atoms with Gasteiger partial charge in [-0.15, -0.1) is 0 Å². The minimum absolute atomic E-state index is 0.290. The average molecular weight is 437 g/mol. The number of carbonyl (C=O) groups is 1. The van der Waals surface area contributed by atoms with Crippen LogP contribution in [-0.4, -0.2) is 22.2 Å². The molecule has 1 aliphatic rings. The molecule has 1 aliphatic heterocycles. The third-order valence-electron chi connectivity index (χ3n) is 5.47. The van der Waals surface area contributed by atoms with Gasteiger partial charge in [-0.25, -0.2) is 14.8 Å². The molecule has 1 unspecified atom stereocenters. The molecule has 0 spiro atoms. The summed E-state index contributed by atoms with van der Waals surface area (Å²) in [6, 6.07) is 27.0. The van der Waals surface area contributed by atoms with Crippen molar-refractivity contribution in [3.8, 4) is 11.3 Å². The van der Waals surface area contributed by atoms with Gasteiger partial charge in [0.2, 0.25) is 6.29 Å². The summed E-state index contributed by atoms with van der Waals surface area (Å²) in [6.07, 6.45) is -0.0466. The largest absolute Gasteiger partial charge is 0.453 e. The second kappa shape index (κ2) is 8.87. The van der Waals surface area contributed by atoms with Crippen molar-refractivity contribution in [3.63, 3.8) is 0 Å². The van der Waals surface area contributed by atoms with E-state index in [1.54, 1.807) is 0 Å². The lowest BCUT2D eigenvalue weighted by molar-refractivity contribution is -0.165. The van der Waals surface area contributed by atoms with Crippen LogP contribution in [0.3, 0.4) is 0 Å². The van der Waals surface area contributed by atoms with E-state index in [-0.39, 0.29) is 0 Å². The zero-order valence-electron chi connectivity index (χ0n) is 18.6. The van der Waals surface area contributed by atoms with Crippen LogP contribution in [0.5, 0.6) is 0 Å². The Morgan fingerprint density at radius 1 is 0.727 bits per heavy atom. The number of fused-ring (bicyclic) bond motifs is 1. The first-order valence-electron chi connectivity index (χ1n) is 11.1. The highest BCUT2D eigenvalue weighted by molar-refractivity contribution is 6.25. The van der Waals surface area contributed by atoms with Crippen molar-refractivity contribution in [1.29, 1.82) is 0 Å². The van der Waals surface area contributed by atoms with Crippen molar-refractivity contribution >= 4 is 28.3 Å². The SMILES string of the molecule is CC(C)CC1OC(=O)C(c2nc3ccccc3nc2-c2ccccc2)=C(c2ccccc2)O1. The Morgan fingerprint density at radius 2 is 1.27 bits per heavy atom. The Hall–Kier alpha value is -3.99. The number of nitrogens with zero attached hydrogens (tertiary/aromatic N) is 2. The lowest BCUT2D eigenvalue weighted by Gasteiger charge is -2.29. The maximum absolute atomic E-state index is 13.5. The molecule has 5 rings (SSSR count). The van der Waals surface area contributed by atoms with E-state index in [9.17, 15) is 4.79 Å². The van der Waals surface area contributed by atoms with Crippen LogP contribution >= 0.6 is 0 Å². The third kappa shape index (κ3) is 4.22. The van der Waals surface area contributed by atoms with Crippen molar-refractivity contribution in [2.45, 2.75) is 26.6 Å². The molecule has 1 aromatic heterocycles. The van der Waals surface area contributed by atoms with Gasteiger partial charge in [-0.05, 0) is 18.1 Å². The van der Waals surface area contributed by atoms with Crippen LogP contribution in [-0.2, 0) is 14.3 Å². The molecule has 2 heterocycles. The van der Waals surface area contributed by atoms with Crippen molar-refractivity contribution in [1.82, 2.24) is 9.97 Å². The Balaban J connectivity index is 1.78. The predicted molar refractivity (Wildman–Crippen MR) is 129 cm³/mol. The lowest BCUT2D eigenvalue weighted by Crippen LogP contribution is -2.29. The summed E-state index contributed by atoms with van der Waals surface area (Å²) < 4.78 is 12.0. The van der Waals surface area contributed by atoms with Crippen molar-refractivity contribution in [2.24, 2.45) is 5.92 Å². The predicted octanol–water partition coefficient (Wildman–Crippen LogP) is 6.11. The van der Waals surface area contributed by atoms with E-state index < -0.39 is 12.3 Å². The standard InChI is InChI=1S/C28H24N2O3/c1-18(2)17-23-32-27(20-13-7-4-8-14-20)24(28(31)33-23)26-25(19-11-5-3-6-12-19)29-21-15-9-10-16-22(21)30-26/h3-16,18,23H,17H2,1-2H3. The molecule has 5 nitrogen and oxygen atoms in total. The topological polar surface area (TPSA) is 61.3 Å². The molecule has 164 valence electrons. The van der Waals surface area contributed by atoms with Gasteiger partial charge in [0.25, 0.3) is 0 Å². The third-order valence-corrected chi connectivity index (χ3v) is 5.47. The first-order valence-corrected chi connectivity index (χ1v) is 11.1. The summed E-state index contributed by atoms with van der Waals surface area (Å²) in [5.74, 6) is 0.327. The maximum Gasteiger partial charge on any atom is 0.347 e. The quantitative estimate of drug-likeness (QED) is 0.353. The van der Waals surface area contributed by atoms with Gasteiger partial charge < -0.3 is 9.47 Å². The zero-order valence-corrected chi connectivity index (χ0v) is 18.6. The van der Waals surface area contributed by atoms with E-state index in [2.05, 4.69) is 13.8 Å². The molecular weight excluding hydrogens is 412 g/mol. The fourth-order valence-electron chi connectivity index (χ4n) is 3.94. The zero-order chi connectivity index (χ0) is 22.8. The van der Waals surface area contributed by atoms with E-state index in [0.717, 1.165) is 16.6 Å². The van der Waals surface area contributed by atoms with Crippen molar-refractivity contribution in [3.05, 3.63) is 96.2 Å². The minimum Gasteiger partial charge on any atom is -0.453 e. The molecule has 0 N–H and O–H groups in total. The molecule has 4 aromatic rings. The summed E-state index contributed by atoms with van der Waals surface area (Å²) in [4.78, 5) is 23.2. The maximum atomic E-state index is 13.5. The van der Waals surface area contributed by atoms with E-state index in [1.165, 1.54) is 0 Å². The summed E-state index contributed by atoms with van der Waals surface area (Å²) in [5.41, 5.74) is 4.47. The average Bonchev–Trinajstić information content (AvgIpc) is 2.84. The van der Waals surface area contributed by atoms with E-state index in [1.807, 2.05) is 84.9 Å². The summed E-state index contributed by atoms with van der Waals surface area (Å²) in [6.45, 7) is 4.14. The number of benzene rings is 3. The molecule has 0 amide bonds. The molecule has 0 aliphatic carbocycles. The smallest absolute Gasteiger partial charge is 0.347 e. The van der Waals surface area contributed by atoms with Gasteiger partial charge in [0.05, 0.1) is 16.7 Å². The number of carbonyl (C=O) groups excluding carboxylic acids is 1. The van der Waals surface area contributed by atoms with Gasteiger partial charge in [-0.1, -0.05) is 86.6 Å². The number of hydrogen-bond acceptors (Lipinski definition) is 5. The van der Waals surface area contributed by atoms with Gasteiger partial charge in [0.15, 0.2) is 0 Å². The molecule has 0 radical (unpaired) electrons. The molecule has 0 bridgehead atoms. The van der Waals surface area contributed by atoms with E-state index >= 15 is 0 Å². The summed E-state index contributed by atoms with van der Waals surface area (Å²) in [7, 11) is 0. The van der Waals surface area contributed by atoms with E-state index in [4.69, 9.17) is 19.4 Å². The Bertz CT molecular complexity index is 1330.